The number of amides is 1. The maximum Gasteiger partial charge on any atom is 0.240 e. The van der Waals surface area contributed by atoms with Crippen molar-refractivity contribution in [3.8, 4) is 5.75 Å². The minimum absolute atomic E-state index is 0.0362. The van der Waals surface area contributed by atoms with Gasteiger partial charge in [-0.2, -0.15) is 0 Å². The molecule has 1 aliphatic rings. The molecule has 1 amide bonds. The number of nitrogens with one attached hydrogen (secondary N) is 1. The number of carbonyl (C=O) groups excluding carboxylic acids is 1. The number of rotatable bonds is 6. The molecule has 0 aromatic heterocycles. The second-order valence-electron chi connectivity index (χ2n) is 6.71. The highest BCUT2D eigenvalue weighted by atomic mass is 16.5. The predicted octanol–water partition coefficient (Wildman–Crippen LogP) is 3.00. The molecule has 0 spiro atoms. The van der Waals surface area contributed by atoms with E-state index in [0.29, 0.717) is 19.1 Å². The van der Waals surface area contributed by atoms with E-state index in [1.165, 1.54) is 6.42 Å². The molecule has 1 aromatic rings. The number of para-hydroxylation sites is 1. The molecule has 0 heterocycles. The third-order valence-corrected chi connectivity index (χ3v) is 4.18. The molecule has 0 unspecified atom stereocenters. The average molecular weight is 304 g/mol. The van der Waals surface area contributed by atoms with E-state index in [1.807, 2.05) is 24.3 Å². The minimum Gasteiger partial charge on any atom is -0.493 e. The van der Waals surface area contributed by atoms with Crippen molar-refractivity contribution in [3.63, 3.8) is 0 Å². The van der Waals surface area contributed by atoms with Gasteiger partial charge in [0.1, 0.15) is 5.75 Å². The summed E-state index contributed by atoms with van der Waals surface area (Å²) in [6.45, 7) is 5.37. The van der Waals surface area contributed by atoms with Gasteiger partial charge in [-0.15, -0.1) is 0 Å². The Labute approximate surface area is 133 Å². The van der Waals surface area contributed by atoms with E-state index in [4.69, 9.17) is 10.5 Å². The standard InChI is InChI=1S/C18H28N2O2/c1-14(2)13-22-16-9-5-4-8-15(16)12-20-17(21)18(19)10-6-3-7-11-18/h4-5,8-9,14H,3,6-7,10-13,19H2,1-2H3,(H,20,21). The van der Waals surface area contributed by atoms with Crippen LogP contribution in [0.15, 0.2) is 24.3 Å². The highest BCUT2D eigenvalue weighted by molar-refractivity contribution is 5.86. The van der Waals surface area contributed by atoms with Crippen LogP contribution in [0.4, 0.5) is 0 Å². The molecule has 122 valence electrons. The molecule has 1 aromatic carbocycles. The molecule has 4 heteroatoms. The van der Waals surface area contributed by atoms with Crippen molar-refractivity contribution in [3.05, 3.63) is 29.8 Å². The van der Waals surface area contributed by atoms with E-state index in [-0.39, 0.29) is 5.91 Å². The van der Waals surface area contributed by atoms with E-state index >= 15 is 0 Å². The highest BCUT2D eigenvalue weighted by Gasteiger charge is 2.34. The number of carbonyl (C=O) groups is 1. The summed E-state index contributed by atoms with van der Waals surface area (Å²) in [6.07, 6.45) is 4.82. The molecule has 0 aliphatic heterocycles. The summed E-state index contributed by atoms with van der Waals surface area (Å²) in [5.41, 5.74) is 6.57. The van der Waals surface area contributed by atoms with Crippen LogP contribution in [0.2, 0.25) is 0 Å². The average Bonchev–Trinajstić information content (AvgIpc) is 2.52. The van der Waals surface area contributed by atoms with Crippen LogP contribution in [0.3, 0.4) is 0 Å². The van der Waals surface area contributed by atoms with E-state index in [1.54, 1.807) is 0 Å². The van der Waals surface area contributed by atoms with Crippen molar-refractivity contribution >= 4 is 5.91 Å². The molecule has 0 saturated heterocycles. The Balaban J connectivity index is 1.94. The molecular weight excluding hydrogens is 276 g/mol. The molecule has 1 fully saturated rings. The Bertz CT molecular complexity index is 494. The van der Waals surface area contributed by atoms with Gasteiger partial charge in [0.2, 0.25) is 5.91 Å². The van der Waals surface area contributed by atoms with Crippen LogP contribution in [0.5, 0.6) is 5.75 Å². The molecule has 2 rings (SSSR count). The SMILES string of the molecule is CC(C)COc1ccccc1CNC(=O)C1(N)CCCCC1. The Hall–Kier alpha value is -1.55. The first-order chi connectivity index (χ1) is 10.5. The lowest BCUT2D eigenvalue weighted by Gasteiger charge is -2.31. The van der Waals surface area contributed by atoms with Crippen LogP contribution >= 0.6 is 0 Å². The van der Waals surface area contributed by atoms with E-state index in [9.17, 15) is 4.79 Å². The number of benzene rings is 1. The Morgan fingerprint density at radius 2 is 1.95 bits per heavy atom. The van der Waals surface area contributed by atoms with Crippen molar-refractivity contribution in [2.24, 2.45) is 11.7 Å². The van der Waals surface area contributed by atoms with Crippen molar-refractivity contribution in [2.45, 2.75) is 58.0 Å². The first-order valence-electron chi connectivity index (χ1n) is 8.29. The molecule has 0 atom stereocenters. The van der Waals surface area contributed by atoms with Gasteiger partial charge in [0.15, 0.2) is 0 Å². The summed E-state index contributed by atoms with van der Waals surface area (Å²) in [5.74, 6) is 1.27. The van der Waals surface area contributed by atoms with Crippen molar-refractivity contribution in [2.75, 3.05) is 6.61 Å². The molecule has 0 bridgehead atoms. The fourth-order valence-corrected chi connectivity index (χ4v) is 2.81. The molecule has 0 radical (unpaired) electrons. The summed E-state index contributed by atoms with van der Waals surface area (Å²) in [4.78, 5) is 12.4. The van der Waals surface area contributed by atoms with Gasteiger partial charge in [0, 0.05) is 12.1 Å². The maximum absolute atomic E-state index is 12.4. The second kappa shape index (κ2) is 7.63. The lowest BCUT2D eigenvalue weighted by molar-refractivity contribution is -0.127. The fraction of sp³-hybridized carbons (Fsp3) is 0.611. The smallest absolute Gasteiger partial charge is 0.240 e. The molecule has 1 aliphatic carbocycles. The molecule has 22 heavy (non-hydrogen) atoms. The van der Waals surface area contributed by atoms with E-state index in [0.717, 1.165) is 37.0 Å². The Morgan fingerprint density at radius 3 is 2.64 bits per heavy atom. The highest BCUT2D eigenvalue weighted by Crippen LogP contribution is 2.26. The monoisotopic (exact) mass is 304 g/mol. The van der Waals surface area contributed by atoms with Crippen LogP contribution in [0.25, 0.3) is 0 Å². The number of hydrogen-bond acceptors (Lipinski definition) is 3. The quantitative estimate of drug-likeness (QED) is 0.849. The van der Waals surface area contributed by atoms with Gasteiger partial charge in [0.25, 0.3) is 0 Å². The summed E-state index contributed by atoms with van der Waals surface area (Å²) in [5, 5.41) is 2.99. The molecule has 4 nitrogen and oxygen atoms in total. The summed E-state index contributed by atoms with van der Waals surface area (Å²) in [6, 6.07) is 7.85. The van der Waals surface area contributed by atoms with Crippen LogP contribution in [-0.4, -0.2) is 18.1 Å². The first kappa shape index (κ1) is 16.8. The molecule has 1 saturated carbocycles. The maximum atomic E-state index is 12.4. The summed E-state index contributed by atoms with van der Waals surface area (Å²) >= 11 is 0. The molecule has 3 N–H and O–H groups in total. The zero-order valence-electron chi connectivity index (χ0n) is 13.7. The van der Waals surface area contributed by atoms with Gasteiger partial charge in [-0.1, -0.05) is 51.3 Å². The second-order valence-corrected chi connectivity index (χ2v) is 6.71. The van der Waals surface area contributed by atoms with Gasteiger partial charge in [0.05, 0.1) is 12.1 Å². The van der Waals surface area contributed by atoms with Gasteiger partial charge in [-0.05, 0) is 24.8 Å². The van der Waals surface area contributed by atoms with Gasteiger partial charge in [-0.25, -0.2) is 0 Å². The van der Waals surface area contributed by atoms with E-state index < -0.39 is 5.54 Å². The summed E-state index contributed by atoms with van der Waals surface area (Å²) < 4.78 is 5.82. The van der Waals surface area contributed by atoms with Crippen LogP contribution in [-0.2, 0) is 11.3 Å². The normalized spacial score (nSPS) is 17.3. The largest absolute Gasteiger partial charge is 0.493 e. The minimum atomic E-state index is -0.689. The topological polar surface area (TPSA) is 64.3 Å². The summed E-state index contributed by atoms with van der Waals surface area (Å²) in [7, 11) is 0. The van der Waals surface area contributed by atoms with Crippen molar-refractivity contribution < 1.29 is 9.53 Å². The zero-order valence-corrected chi connectivity index (χ0v) is 13.7. The van der Waals surface area contributed by atoms with Crippen molar-refractivity contribution in [1.29, 1.82) is 0 Å². The van der Waals surface area contributed by atoms with Gasteiger partial charge >= 0.3 is 0 Å². The third-order valence-electron chi connectivity index (χ3n) is 4.18. The Morgan fingerprint density at radius 1 is 1.27 bits per heavy atom. The lowest BCUT2D eigenvalue weighted by Crippen LogP contribution is -2.54. The van der Waals surface area contributed by atoms with Gasteiger partial charge < -0.3 is 15.8 Å². The first-order valence-corrected chi connectivity index (χ1v) is 8.29. The fourth-order valence-electron chi connectivity index (χ4n) is 2.81. The Kier molecular flexibility index (Phi) is 5.83. The van der Waals surface area contributed by atoms with Crippen LogP contribution in [0, 0.1) is 5.92 Å². The zero-order chi connectivity index (χ0) is 16.0. The third kappa shape index (κ3) is 4.47. The number of ether oxygens (including phenoxy) is 1. The number of hydrogen-bond donors (Lipinski definition) is 2. The van der Waals surface area contributed by atoms with Crippen LogP contribution < -0.4 is 15.8 Å². The lowest BCUT2D eigenvalue weighted by atomic mass is 9.82. The molecular formula is C18H28N2O2. The van der Waals surface area contributed by atoms with Crippen LogP contribution in [0.1, 0.15) is 51.5 Å². The van der Waals surface area contributed by atoms with Gasteiger partial charge in [-0.3, -0.25) is 4.79 Å². The number of nitrogens with two attached hydrogens (primary N) is 1. The van der Waals surface area contributed by atoms with Crippen molar-refractivity contribution in [1.82, 2.24) is 5.32 Å². The predicted molar refractivity (Wildman–Crippen MR) is 88.6 cm³/mol. The van der Waals surface area contributed by atoms with E-state index in [2.05, 4.69) is 19.2 Å².